The molecule has 1 amide bonds. The summed E-state index contributed by atoms with van der Waals surface area (Å²) in [6, 6.07) is 7.67. The number of hydrogen-bond acceptors (Lipinski definition) is 4. The van der Waals surface area contributed by atoms with E-state index < -0.39 is 6.04 Å². The smallest absolute Gasteiger partial charge is 0.239 e. The molecule has 0 aromatic heterocycles. The third-order valence-corrected chi connectivity index (χ3v) is 4.10. The minimum atomic E-state index is -0.612. The lowest BCUT2D eigenvalue weighted by atomic mass is 10.0. The first-order valence-electron chi connectivity index (χ1n) is 8.02. The average molecular weight is 378 g/mol. The van der Waals surface area contributed by atoms with Crippen LogP contribution in [0.4, 0.5) is 0 Å². The number of hydrogen-bond donors (Lipinski definition) is 2. The summed E-state index contributed by atoms with van der Waals surface area (Å²) < 4.78 is 4.91. The van der Waals surface area contributed by atoms with Gasteiger partial charge >= 0.3 is 0 Å². The number of ether oxygens (including phenoxy) is 1. The number of nitrogens with two attached hydrogens (primary N) is 1. The molecule has 1 atom stereocenters. The number of carbonyl (C=O) groups is 1. The molecule has 1 saturated heterocycles. The van der Waals surface area contributed by atoms with Crippen LogP contribution >= 0.6 is 24.8 Å². The second-order valence-electron chi connectivity index (χ2n) is 5.89. The molecule has 1 aromatic rings. The van der Waals surface area contributed by atoms with Crippen LogP contribution in [0.1, 0.15) is 30.4 Å². The number of carbonyl (C=O) groups excluding carboxylic acids is 1. The van der Waals surface area contributed by atoms with E-state index in [0.29, 0.717) is 6.54 Å². The van der Waals surface area contributed by atoms with Crippen LogP contribution in [-0.4, -0.2) is 43.7 Å². The van der Waals surface area contributed by atoms with Crippen molar-refractivity contribution in [2.45, 2.75) is 38.4 Å². The molecule has 0 saturated carbocycles. The fraction of sp³-hybridized carbons (Fsp3) is 0.588. The predicted octanol–water partition coefficient (Wildman–Crippen LogP) is 2.11. The number of rotatable bonds is 7. The minimum Gasteiger partial charge on any atom is -0.383 e. The second-order valence-corrected chi connectivity index (χ2v) is 5.89. The summed E-state index contributed by atoms with van der Waals surface area (Å²) in [6.07, 6.45) is 3.90. The molecule has 1 unspecified atom stereocenters. The molecule has 24 heavy (non-hydrogen) atoms. The average Bonchev–Trinajstić information content (AvgIpc) is 2.55. The normalized spacial score (nSPS) is 15.8. The second kappa shape index (κ2) is 12.5. The van der Waals surface area contributed by atoms with Crippen LogP contribution in [0.2, 0.25) is 0 Å². The number of likely N-dealkylation sites (tertiary alicyclic amines) is 1. The number of nitrogens with one attached hydrogen (secondary N) is 1. The summed E-state index contributed by atoms with van der Waals surface area (Å²) in [6.45, 7) is 4.04. The highest BCUT2D eigenvalue weighted by molar-refractivity contribution is 5.85. The van der Waals surface area contributed by atoms with Gasteiger partial charge in [-0.2, -0.15) is 0 Å². The molecule has 0 spiro atoms. The van der Waals surface area contributed by atoms with Gasteiger partial charge in [0, 0.05) is 20.2 Å². The van der Waals surface area contributed by atoms with Crippen molar-refractivity contribution >= 4 is 30.7 Å². The Morgan fingerprint density at radius 3 is 2.46 bits per heavy atom. The molecule has 1 aromatic carbocycles. The lowest BCUT2D eigenvalue weighted by Crippen LogP contribution is -2.43. The van der Waals surface area contributed by atoms with Gasteiger partial charge in [-0.15, -0.1) is 24.8 Å². The third kappa shape index (κ3) is 7.36. The number of methoxy groups -OCH3 is 1. The van der Waals surface area contributed by atoms with Crippen molar-refractivity contribution < 1.29 is 9.53 Å². The zero-order valence-corrected chi connectivity index (χ0v) is 15.8. The number of halogens is 2. The summed E-state index contributed by atoms with van der Waals surface area (Å²) >= 11 is 0. The maximum atomic E-state index is 11.9. The summed E-state index contributed by atoms with van der Waals surface area (Å²) in [7, 11) is 1.54. The summed E-state index contributed by atoms with van der Waals surface area (Å²) in [5.41, 5.74) is 8.17. The molecule has 0 aliphatic carbocycles. The molecule has 138 valence electrons. The predicted molar refractivity (Wildman–Crippen MR) is 102 cm³/mol. The molecule has 0 bridgehead atoms. The Kier molecular flexibility index (Phi) is 12.1. The lowest BCUT2D eigenvalue weighted by molar-refractivity contribution is -0.123. The molecule has 1 aliphatic rings. The zero-order valence-electron chi connectivity index (χ0n) is 14.2. The van der Waals surface area contributed by atoms with E-state index in [0.717, 1.165) is 12.1 Å². The maximum absolute atomic E-state index is 11.9. The largest absolute Gasteiger partial charge is 0.383 e. The number of amides is 1. The van der Waals surface area contributed by atoms with Crippen LogP contribution in [0.5, 0.6) is 0 Å². The van der Waals surface area contributed by atoms with Gasteiger partial charge in [-0.3, -0.25) is 9.69 Å². The van der Waals surface area contributed by atoms with Gasteiger partial charge in [0.2, 0.25) is 5.91 Å². The highest BCUT2D eigenvalue weighted by Gasteiger charge is 2.15. The van der Waals surface area contributed by atoms with Crippen molar-refractivity contribution in [3.05, 3.63) is 35.4 Å². The van der Waals surface area contributed by atoms with Gasteiger partial charge in [-0.25, -0.2) is 0 Å². The van der Waals surface area contributed by atoms with Crippen LogP contribution in [0.15, 0.2) is 24.3 Å². The first kappa shape index (κ1) is 23.1. The van der Waals surface area contributed by atoms with Crippen molar-refractivity contribution in [1.82, 2.24) is 10.2 Å². The van der Waals surface area contributed by atoms with E-state index in [1.807, 2.05) is 6.07 Å². The molecule has 1 aliphatic heterocycles. The lowest BCUT2D eigenvalue weighted by Gasteiger charge is -2.27. The quantitative estimate of drug-likeness (QED) is 0.763. The van der Waals surface area contributed by atoms with Crippen molar-refractivity contribution in [3.63, 3.8) is 0 Å². The van der Waals surface area contributed by atoms with E-state index >= 15 is 0 Å². The fourth-order valence-electron chi connectivity index (χ4n) is 2.81. The number of benzene rings is 1. The molecule has 5 nitrogen and oxygen atoms in total. The highest BCUT2D eigenvalue weighted by atomic mass is 35.5. The molecular weight excluding hydrogens is 349 g/mol. The number of nitrogens with zero attached hydrogens (tertiary/aromatic N) is 1. The van der Waals surface area contributed by atoms with Crippen molar-refractivity contribution in [2.24, 2.45) is 5.73 Å². The van der Waals surface area contributed by atoms with E-state index in [1.165, 1.54) is 37.9 Å². The van der Waals surface area contributed by atoms with Crippen LogP contribution in [0.3, 0.4) is 0 Å². The fourth-order valence-corrected chi connectivity index (χ4v) is 2.81. The van der Waals surface area contributed by atoms with Crippen molar-refractivity contribution in [2.75, 3.05) is 26.8 Å². The Balaban J connectivity index is 0.00000264. The van der Waals surface area contributed by atoms with Gasteiger partial charge in [0.1, 0.15) is 6.04 Å². The molecule has 7 heteroatoms. The zero-order chi connectivity index (χ0) is 15.8. The van der Waals surface area contributed by atoms with Crippen LogP contribution < -0.4 is 11.1 Å². The maximum Gasteiger partial charge on any atom is 0.239 e. The Morgan fingerprint density at radius 2 is 1.83 bits per heavy atom. The summed E-state index contributed by atoms with van der Waals surface area (Å²) in [5.74, 6) is -0.172. The molecule has 2 rings (SSSR count). The topological polar surface area (TPSA) is 67.6 Å². The minimum absolute atomic E-state index is 0. The third-order valence-electron chi connectivity index (χ3n) is 4.10. The van der Waals surface area contributed by atoms with E-state index in [9.17, 15) is 4.79 Å². The van der Waals surface area contributed by atoms with Crippen molar-refractivity contribution in [1.29, 1.82) is 0 Å². The monoisotopic (exact) mass is 377 g/mol. The van der Waals surface area contributed by atoms with E-state index in [1.54, 1.807) is 7.11 Å². The first-order chi connectivity index (χ1) is 10.7. The SMILES string of the molecule is COCC(N)C(=O)NCc1ccccc1CN1CCCCC1.Cl.Cl. The van der Waals surface area contributed by atoms with Crippen LogP contribution in [0, 0.1) is 0 Å². The van der Waals surface area contributed by atoms with E-state index in [4.69, 9.17) is 10.5 Å². The molecule has 3 N–H and O–H groups in total. The van der Waals surface area contributed by atoms with Crippen molar-refractivity contribution in [3.8, 4) is 0 Å². The Hall–Kier alpha value is -0.850. The van der Waals surface area contributed by atoms with Gasteiger partial charge in [-0.1, -0.05) is 30.7 Å². The molecule has 1 heterocycles. The van der Waals surface area contributed by atoms with Gasteiger partial charge in [-0.05, 0) is 37.1 Å². The molecule has 0 radical (unpaired) electrons. The van der Waals surface area contributed by atoms with Crippen LogP contribution in [-0.2, 0) is 22.6 Å². The Labute approximate surface area is 157 Å². The van der Waals surface area contributed by atoms with E-state index in [-0.39, 0.29) is 37.3 Å². The Bertz CT molecular complexity index is 483. The van der Waals surface area contributed by atoms with Crippen LogP contribution in [0.25, 0.3) is 0 Å². The standard InChI is InChI=1S/C17H27N3O2.2ClH/c1-22-13-16(18)17(21)19-11-14-7-3-4-8-15(14)12-20-9-5-2-6-10-20;;/h3-4,7-8,16H,2,5-6,9-13,18H2,1H3,(H,19,21);2*1H. The Morgan fingerprint density at radius 1 is 1.21 bits per heavy atom. The summed E-state index contributed by atoms with van der Waals surface area (Å²) in [5, 5.41) is 2.90. The first-order valence-corrected chi connectivity index (χ1v) is 8.02. The van der Waals surface area contributed by atoms with Gasteiger partial charge in [0.25, 0.3) is 0 Å². The molecular formula is C17H29Cl2N3O2. The van der Waals surface area contributed by atoms with E-state index in [2.05, 4.69) is 28.4 Å². The van der Waals surface area contributed by atoms with Gasteiger partial charge in [0.15, 0.2) is 0 Å². The number of piperidine rings is 1. The van der Waals surface area contributed by atoms with Gasteiger partial charge in [0.05, 0.1) is 6.61 Å². The summed E-state index contributed by atoms with van der Waals surface area (Å²) in [4.78, 5) is 14.4. The highest BCUT2D eigenvalue weighted by Crippen LogP contribution is 2.16. The van der Waals surface area contributed by atoms with Gasteiger partial charge < -0.3 is 15.8 Å². The molecule has 1 fully saturated rings.